The number of aldehydes is 1. The quantitative estimate of drug-likeness (QED) is 0.703. The van der Waals surface area contributed by atoms with Crippen molar-refractivity contribution in [1.82, 2.24) is 9.97 Å². The number of nitrogens with zero attached hydrogens (tertiary/aromatic N) is 1. The van der Waals surface area contributed by atoms with E-state index in [0.29, 0.717) is 5.56 Å². The lowest BCUT2D eigenvalue weighted by Gasteiger charge is -1.95. The second-order valence-electron chi connectivity index (χ2n) is 2.68. The first-order chi connectivity index (χ1) is 6.40. The van der Waals surface area contributed by atoms with E-state index in [1.54, 1.807) is 12.3 Å². The Bertz CT molecular complexity index is 389. The van der Waals surface area contributed by atoms with Gasteiger partial charge in [-0.15, -0.1) is 0 Å². The second-order valence-corrected chi connectivity index (χ2v) is 2.68. The molecule has 0 amide bonds. The molecule has 0 spiro atoms. The van der Waals surface area contributed by atoms with Crippen LogP contribution in [0.4, 0.5) is 0 Å². The highest BCUT2D eigenvalue weighted by molar-refractivity contribution is 5.74. The molecule has 13 heavy (non-hydrogen) atoms. The summed E-state index contributed by atoms with van der Waals surface area (Å²) in [6.07, 6.45) is 4.18. The highest BCUT2D eigenvalue weighted by Gasteiger charge is 1.98. The fourth-order valence-corrected chi connectivity index (χ4v) is 1.12. The zero-order valence-corrected chi connectivity index (χ0v) is 6.90. The van der Waals surface area contributed by atoms with Crippen molar-refractivity contribution in [2.45, 2.75) is 0 Å². The lowest BCUT2D eigenvalue weighted by Crippen LogP contribution is -1.85. The average Bonchev–Trinajstić information content (AvgIpc) is 2.71. The van der Waals surface area contributed by atoms with Crippen LogP contribution in [-0.2, 0) is 0 Å². The molecule has 0 aromatic carbocycles. The predicted molar refractivity (Wildman–Crippen MR) is 49.4 cm³/mol. The SMILES string of the molecule is O=Cc1ccc(-c2ccc[nH]2)nc1. The first-order valence-corrected chi connectivity index (χ1v) is 3.95. The first-order valence-electron chi connectivity index (χ1n) is 3.95. The fraction of sp³-hybridized carbons (Fsp3) is 0. The maximum atomic E-state index is 10.4. The molecule has 64 valence electrons. The topological polar surface area (TPSA) is 45.8 Å². The minimum absolute atomic E-state index is 0.593. The maximum Gasteiger partial charge on any atom is 0.151 e. The van der Waals surface area contributed by atoms with Gasteiger partial charge in [0.25, 0.3) is 0 Å². The maximum absolute atomic E-state index is 10.4. The van der Waals surface area contributed by atoms with Gasteiger partial charge in [-0.1, -0.05) is 0 Å². The number of rotatable bonds is 2. The molecule has 0 aliphatic carbocycles. The molecule has 2 rings (SSSR count). The monoisotopic (exact) mass is 172 g/mol. The van der Waals surface area contributed by atoms with Crippen LogP contribution in [-0.4, -0.2) is 16.3 Å². The molecule has 0 saturated heterocycles. The van der Waals surface area contributed by atoms with E-state index in [1.807, 2.05) is 24.4 Å². The van der Waals surface area contributed by atoms with Gasteiger partial charge in [-0.2, -0.15) is 0 Å². The molecule has 3 heteroatoms. The van der Waals surface area contributed by atoms with Crippen LogP contribution >= 0.6 is 0 Å². The lowest BCUT2D eigenvalue weighted by molar-refractivity contribution is 0.112. The lowest BCUT2D eigenvalue weighted by atomic mass is 10.2. The van der Waals surface area contributed by atoms with Crippen LogP contribution in [0.15, 0.2) is 36.7 Å². The van der Waals surface area contributed by atoms with Crippen molar-refractivity contribution in [3.63, 3.8) is 0 Å². The fourth-order valence-electron chi connectivity index (χ4n) is 1.12. The largest absolute Gasteiger partial charge is 0.360 e. The zero-order chi connectivity index (χ0) is 9.10. The Hall–Kier alpha value is -1.90. The van der Waals surface area contributed by atoms with Crippen LogP contribution in [0, 0.1) is 0 Å². The highest BCUT2D eigenvalue weighted by atomic mass is 16.1. The molecular weight excluding hydrogens is 164 g/mol. The minimum Gasteiger partial charge on any atom is -0.360 e. The summed E-state index contributed by atoms with van der Waals surface area (Å²) in [7, 11) is 0. The second kappa shape index (κ2) is 3.23. The number of carbonyl (C=O) groups excluding carboxylic acids is 1. The van der Waals surface area contributed by atoms with Crippen LogP contribution in [0.1, 0.15) is 10.4 Å². The van der Waals surface area contributed by atoms with Gasteiger partial charge in [0.1, 0.15) is 0 Å². The third-order valence-electron chi connectivity index (χ3n) is 1.80. The van der Waals surface area contributed by atoms with E-state index >= 15 is 0 Å². The van der Waals surface area contributed by atoms with E-state index < -0.39 is 0 Å². The molecule has 3 nitrogen and oxygen atoms in total. The summed E-state index contributed by atoms with van der Waals surface area (Å²) in [5.74, 6) is 0. The Kier molecular flexibility index (Phi) is 1.92. The minimum atomic E-state index is 0.593. The van der Waals surface area contributed by atoms with E-state index in [-0.39, 0.29) is 0 Å². The molecule has 0 radical (unpaired) electrons. The number of aromatic nitrogens is 2. The molecule has 0 atom stereocenters. The Morgan fingerprint density at radius 3 is 2.77 bits per heavy atom. The Morgan fingerprint density at radius 1 is 1.31 bits per heavy atom. The molecule has 0 aliphatic rings. The highest BCUT2D eigenvalue weighted by Crippen LogP contribution is 2.13. The summed E-state index contributed by atoms with van der Waals surface area (Å²) >= 11 is 0. The molecule has 2 aromatic heterocycles. The van der Waals surface area contributed by atoms with E-state index in [4.69, 9.17) is 0 Å². The van der Waals surface area contributed by atoms with Gasteiger partial charge in [-0.25, -0.2) is 0 Å². The van der Waals surface area contributed by atoms with Crippen molar-refractivity contribution >= 4 is 6.29 Å². The summed E-state index contributed by atoms with van der Waals surface area (Å²) in [4.78, 5) is 17.5. The Balaban J connectivity index is 2.38. The summed E-state index contributed by atoms with van der Waals surface area (Å²) in [5.41, 5.74) is 2.39. The van der Waals surface area contributed by atoms with Crippen molar-refractivity contribution < 1.29 is 4.79 Å². The Morgan fingerprint density at radius 2 is 2.23 bits per heavy atom. The molecule has 0 fully saturated rings. The smallest absolute Gasteiger partial charge is 0.151 e. The molecule has 1 N–H and O–H groups in total. The molecule has 2 aromatic rings. The molecule has 0 unspecified atom stereocenters. The number of nitrogens with one attached hydrogen (secondary N) is 1. The molecule has 0 saturated carbocycles. The number of H-pyrrole nitrogens is 1. The van der Waals surface area contributed by atoms with Gasteiger partial charge in [0.15, 0.2) is 6.29 Å². The first kappa shape index (κ1) is 7.73. The molecule has 0 aliphatic heterocycles. The number of aromatic amines is 1. The summed E-state index contributed by atoms with van der Waals surface area (Å²) in [5, 5.41) is 0. The van der Waals surface area contributed by atoms with Crippen LogP contribution in [0.2, 0.25) is 0 Å². The zero-order valence-electron chi connectivity index (χ0n) is 6.90. The van der Waals surface area contributed by atoms with Gasteiger partial charge in [0, 0.05) is 18.0 Å². The number of pyridine rings is 1. The summed E-state index contributed by atoms with van der Waals surface area (Å²) < 4.78 is 0. The van der Waals surface area contributed by atoms with Crippen LogP contribution in [0.25, 0.3) is 11.4 Å². The summed E-state index contributed by atoms with van der Waals surface area (Å²) in [6, 6.07) is 7.40. The van der Waals surface area contributed by atoms with Gasteiger partial charge in [-0.05, 0) is 24.3 Å². The predicted octanol–water partition coefficient (Wildman–Crippen LogP) is 1.89. The summed E-state index contributed by atoms with van der Waals surface area (Å²) in [6.45, 7) is 0. The number of carbonyl (C=O) groups is 1. The van der Waals surface area contributed by atoms with E-state index in [2.05, 4.69) is 9.97 Å². The van der Waals surface area contributed by atoms with Crippen molar-refractivity contribution in [2.75, 3.05) is 0 Å². The van der Waals surface area contributed by atoms with Crippen LogP contribution in [0.5, 0.6) is 0 Å². The average molecular weight is 172 g/mol. The van der Waals surface area contributed by atoms with Crippen LogP contribution < -0.4 is 0 Å². The van der Waals surface area contributed by atoms with Crippen molar-refractivity contribution in [2.24, 2.45) is 0 Å². The molecular formula is C10H8N2O. The molecule has 2 heterocycles. The molecule has 0 bridgehead atoms. The van der Waals surface area contributed by atoms with Crippen molar-refractivity contribution in [3.8, 4) is 11.4 Å². The van der Waals surface area contributed by atoms with Gasteiger partial charge in [0.05, 0.1) is 11.4 Å². The van der Waals surface area contributed by atoms with Gasteiger partial charge < -0.3 is 4.98 Å². The van der Waals surface area contributed by atoms with Gasteiger partial charge in [0.2, 0.25) is 0 Å². The van der Waals surface area contributed by atoms with Crippen molar-refractivity contribution in [1.29, 1.82) is 0 Å². The van der Waals surface area contributed by atoms with E-state index in [1.165, 1.54) is 0 Å². The third-order valence-corrected chi connectivity index (χ3v) is 1.80. The van der Waals surface area contributed by atoms with Gasteiger partial charge in [-0.3, -0.25) is 9.78 Å². The standard InChI is InChI=1S/C10H8N2O/c13-7-8-3-4-10(12-6-8)9-2-1-5-11-9/h1-7,11H. The number of hydrogen-bond donors (Lipinski definition) is 1. The third kappa shape index (κ3) is 1.49. The van der Waals surface area contributed by atoms with Crippen molar-refractivity contribution in [3.05, 3.63) is 42.2 Å². The van der Waals surface area contributed by atoms with Crippen LogP contribution in [0.3, 0.4) is 0 Å². The Labute approximate surface area is 75.4 Å². The normalized spacial score (nSPS) is 9.85. The van der Waals surface area contributed by atoms with E-state index in [9.17, 15) is 4.79 Å². The van der Waals surface area contributed by atoms with Gasteiger partial charge >= 0.3 is 0 Å². The number of hydrogen-bond acceptors (Lipinski definition) is 2. The van der Waals surface area contributed by atoms with E-state index in [0.717, 1.165) is 17.7 Å².